The fourth-order valence-corrected chi connectivity index (χ4v) is 3.48. The fourth-order valence-electron chi connectivity index (χ4n) is 3.48. The molecule has 0 radical (unpaired) electrons. The second kappa shape index (κ2) is 7.72. The minimum Gasteiger partial charge on any atom is -0.481 e. The number of nitrogens with one attached hydrogen (secondary N) is 1. The molecule has 142 valence electrons. The number of hydrogen-bond acceptors (Lipinski definition) is 4. The van der Waals surface area contributed by atoms with E-state index in [1.165, 1.54) is 0 Å². The molecule has 2 N–H and O–H groups in total. The third-order valence-corrected chi connectivity index (χ3v) is 5.23. The van der Waals surface area contributed by atoms with Crippen molar-refractivity contribution >= 4 is 17.8 Å². The van der Waals surface area contributed by atoms with Crippen molar-refractivity contribution in [1.29, 1.82) is 0 Å². The summed E-state index contributed by atoms with van der Waals surface area (Å²) < 4.78 is 5.25. The molecule has 0 spiro atoms. The number of likely N-dealkylation sites (tertiary alicyclic amines) is 1. The Morgan fingerprint density at radius 2 is 1.88 bits per heavy atom. The van der Waals surface area contributed by atoms with Gasteiger partial charge in [0, 0.05) is 38.3 Å². The highest BCUT2D eigenvalue weighted by Crippen LogP contribution is 2.30. The number of nitrogens with zero attached hydrogens (tertiary/aromatic N) is 1. The van der Waals surface area contributed by atoms with Gasteiger partial charge in [0.1, 0.15) is 0 Å². The molecule has 2 heterocycles. The normalized spacial score (nSPS) is 23.8. The van der Waals surface area contributed by atoms with E-state index in [1.54, 1.807) is 4.90 Å². The molecule has 0 aliphatic carbocycles. The molecule has 0 saturated carbocycles. The van der Waals surface area contributed by atoms with Gasteiger partial charge < -0.3 is 20.1 Å². The molecule has 2 saturated heterocycles. The van der Waals surface area contributed by atoms with Crippen molar-refractivity contribution in [3.8, 4) is 0 Å². The van der Waals surface area contributed by atoms with Gasteiger partial charge in [0.2, 0.25) is 11.8 Å². The predicted molar refractivity (Wildman–Crippen MR) is 91.9 cm³/mol. The van der Waals surface area contributed by atoms with Gasteiger partial charge >= 0.3 is 5.97 Å². The third-order valence-electron chi connectivity index (χ3n) is 5.23. The maximum atomic E-state index is 12.6. The largest absolute Gasteiger partial charge is 0.481 e. The Hall–Kier alpha value is -1.63. The van der Waals surface area contributed by atoms with Crippen LogP contribution in [-0.2, 0) is 19.1 Å². The molecular weight excluding hydrogens is 324 g/mol. The van der Waals surface area contributed by atoms with E-state index in [-0.39, 0.29) is 24.3 Å². The van der Waals surface area contributed by atoms with Crippen molar-refractivity contribution in [2.24, 2.45) is 16.7 Å². The van der Waals surface area contributed by atoms with Gasteiger partial charge in [-0.3, -0.25) is 14.4 Å². The highest BCUT2D eigenvalue weighted by Gasteiger charge is 2.41. The second-order valence-corrected chi connectivity index (χ2v) is 8.26. The van der Waals surface area contributed by atoms with Crippen molar-refractivity contribution < 1.29 is 24.2 Å². The van der Waals surface area contributed by atoms with Gasteiger partial charge in [0.25, 0.3) is 0 Å². The predicted octanol–water partition coefficient (Wildman–Crippen LogP) is 1.27. The number of amides is 2. The lowest BCUT2D eigenvalue weighted by Crippen LogP contribution is -2.51. The minimum atomic E-state index is -0.941. The second-order valence-electron chi connectivity index (χ2n) is 8.26. The van der Waals surface area contributed by atoms with E-state index in [9.17, 15) is 19.5 Å². The van der Waals surface area contributed by atoms with Gasteiger partial charge in [0.15, 0.2) is 0 Å². The van der Waals surface area contributed by atoms with Crippen molar-refractivity contribution in [1.82, 2.24) is 10.2 Å². The number of ether oxygens (including phenoxy) is 1. The van der Waals surface area contributed by atoms with Crippen LogP contribution < -0.4 is 5.32 Å². The first kappa shape index (κ1) is 19.7. The zero-order chi connectivity index (χ0) is 18.7. The number of rotatable bonds is 4. The molecule has 0 bridgehead atoms. The van der Waals surface area contributed by atoms with Crippen LogP contribution in [0.2, 0.25) is 0 Å². The Labute approximate surface area is 149 Å². The molecule has 2 amide bonds. The summed E-state index contributed by atoms with van der Waals surface area (Å²) in [6.07, 6.45) is 2.32. The van der Waals surface area contributed by atoms with E-state index in [0.29, 0.717) is 39.1 Å². The van der Waals surface area contributed by atoms with Crippen molar-refractivity contribution in [2.45, 2.75) is 46.5 Å². The first-order chi connectivity index (χ1) is 11.7. The van der Waals surface area contributed by atoms with Crippen LogP contribution in [-0.4, -0.2) is 60.6 Å². The number of aliphatic carboxylic acids is 1. The van der Waals surface area contributed by atoms with Crippen LogP contribution >= 0.6 is 0 Å². The lowest BCUT2D eigenvalue weighted by molar-refractivity contribution is -0.154. The molecule has 2 rings (SSSR count). The van der Waals surface area contributed by atoms with Crippen LogP contribution in [0, 0.1) is 16.7 Å². The highest BCUT2D eigenvalue weighted by atomic mass is 16.5. The van der Waals surface area contributed by atoms with Gasteiger partial charge in [-0.05, 0) is 25.7 Å². The molecule has 1 atom stereocenters. The summed E-state index contributed by atoms with van der Waals surface area (Å²) >= 11 is 0. The van der Waals surface area contributed by atoms with Crippen LogP contribution in [0.1, 0.15) is 46.5 Å². The number of piperidine rings is 1. The summed E-state index contributed by atoms with van der Waals surface area (Å²) in [5.74, 6) is -1.26. The van der Waals surface area contributed by atoms with Crippen molar-refractivity contribution in [2.75, 3.05) is 32.8 Å². The van der Waals surface area contributed by atoms with Crippen LogP contribution in [0.25, 0.3) is 0 Å². The average molecular weight is 354 g/mol. The molecule has 2 fully saturated rings. The Bertz CT molecular complexity index is 520. The number of hydrogen-bond donors (Lipinski definition) is 2. The molecule has 7 heteroatoms. The quantitative estimate of drug-likeness (QED) is 0.793. The van der Waals surface area contributed by atoms with E-state index in [2.05, 4.69) is 5.32 Å². The van der Waals surface area contributed by atoms with Crippen LogP contribution in [0.5, 0.6) is 0 Å². The maximum absolute atomic E-state index is 12.6. The van der Waals surface area contributed by atoms with E-state index >= 15 is 0 Å². The molecule has 7 nitrogen and oxygen atoms in total. The first-order valence-electron chi connectivity index (χ1n) is 9.04. The maximum Gasteiger partial charge on any atom is 0.311 e. The number of carbonyl (C=O) groups is 3. The lowest BCUT2D eigenvalue weighted by Gasteiger charge is -2.37. The Kier molecular flexibility index (Phi) is 6.08. The van der Waals surface area contributed by atoms with E-state index in [0.717, 1.165) is 12.8 Å². The lowest BCUT2D eigenvalue weighted by atomic mass is 9.80. The molecule has 25 heavy (non-hydrogen) atoms. The fraction of sp³-hybridized carbons (Fsp3) is 0.833. The van der Waals surface area contributed by atoms with Gasteiger partial charge in [-0.25, -0.2) is 0 Å². The Morgan fingerprint density at radius 3 is 2.44 bits per heavy atom. The first-order valence-corrected chi connectivity index (χ1v) is 9.04. The number of carboxylic acid groups (broad SMARTS) is 1. The van der Waals surface area contributed by atoms with Gasteiger partial charge in [0.05, 0.1) is 11.3 Å². The van der Waals surface area contributed by atoms with Gasteiger partial charge in [-0.2, -0.15) is 0 Å². The zero-order valence-corrected chi connectivity index (χ0v) is 15.5. The average Bonchev–Trinajstić information content (AvgIpc) is 2.59. The van der Waals surface area contributed by atoms with Gasteiger partial charge in [-0.1, -0.05) is 20.8 Å². The molecule has 0 aromatic heterocycles. The van der Waals surface area contributed by atoms with Crippen LogP contribution in [0.3, 0.4) is 0 Å². The van der Waals surface area contributed by atoms with Crippen LogP contribution in [0.15, 0.2) is 0 Å². The molecule has 0 aromatic carbocycles. The topological polar surface area (TPSA) is 95.9 Å². The zero-order valence-electron chi connectivity index (χ0n) is 15.5. The summed E-state index contributed by atoms with van der Waals surface area (Å²) in [6, 6.07) is 0. The molecule has 1 unspecified atom stereocenters. The Morgan fingerprint density at radius 1 is 1.24 bits per heavy atom. The number of carbonyl (C=O) groups excluding carboxylic acids is 2. The van der Waals surface area contributed by atoms with E-state index in [4.69, 9.17) is 4.74 Å². The summed E-state index contributed by atoms with van der Waals surface area (Å²) in [7, 11) is 0. The molecule has 0 aromatic rings. The number of carboxylic acids is 1. The molecule has 2 aliphatic heterocycles. The third kappa shape index (κ3) is 4.71. The molecule has 2 aliphatic rings. The van der Waals surface area contributed by atoms with Crippen molar-refractivity contribution in [3.63, 3.8) is 0 Å². The summed E-state index contributed by atoms with van der Waals surface area (Å²) in [4.78, 5) is 38.4. The minimum absolute atomic E-state index is 0.0523. The van der Waals surface area contributed by atoms with E-state index in [1.807, 2.05) is 20.8 Å². The summed E-state index contributed by atoms with van der Waals surface area (Å²) in [5, 5.41) is 12.4. The van der Waals surface area contributed by atoms with Gasteiger partial charge in [-0.15, -0.1) is 0 Å². The highest BCUT2D eigenvalue weighted by molar-refractivity contribution is 5.84. The SMILES string of the molecule is CC(C)(C)C(=O)N1CCCC(C(=O)NCC2(C(=O)O)CCOCC2)C1. The summed E-state index contributed by atoms with van der Waals surface area (Å²) in [5.41, 5.74) is -1.41. The smallest absolute Gasteiger partial charge is 0.311 e. The summed E-state index contributed by atoms with van der Waals surface area (Å²) in [6.45, 7) is 7.64. The van der Waals surface area contributed by atoms with E-state index < -0.39 is 16.8 Å². The molecular formula is C18H30N2O5. The van der Waals surface area contributed by atoms with Crippen LogP contribution in [0.4, 0.5) is 0 Å². The Balaban J connectivity index is 1.93. The standard InChI is InChI=1S/C18H30N2O5/c1-17(2,3)15(22)20-8-4-5-13(11-20)14(21)19-12-18(16(23)24)6-9-25-10-7-18/h13H,4-12H2,1-3H3,(H,19,21)(H,23,24). The monoisotopic (exact) mass is 354 g/mol. The van der Waals surface area contributed by atoms with Crippen molar-refractivity contribution in [3.05, 3.63) is 0 Å².